The minimum absolute atomic E-state index is 0.0218. The molecule has 0 saturated heterocycles. The van der Waals surface area contributed by atoms with Gasteiger partial charge in [0.25, 0.3) is 0 Å². The molecule has 0 radical (unpaired) electrons. The Bertz CT molecular complexity index is 437. The van der Waals surface area contributed by atoms with E-state index < -0.39 is 11.9 Å². The number of hydrogen-bond acceptors (Lipinski definition) is 2. The number of benzene rings is 1. The molecule has 0 aliphatic rings. The van der Waals surface area contributed by atoms with E-state index in [4.69, 9.17) is 16.7 Å². The van der Waals surface area contributed by atoms with E-state index in [9.17, 15) is 9.59 Å². The van der Waals surface area contributed by atoms with E-state index in [0.29, 0.717) is 10.7 Å². The average Bonchev–Trinajstić information content (AvgIpc) is 2.21. The highest BCUT2D eigenvalue weighted by atomic mass is 35.5. The number of carboxylic acids is 1. The molecule has 1 aromatic rings. The Balaban J connectivity index is 2.68. The number of aliphatic carboxylic acids is 1. The summed E-state index contributed by atoms with van der Waals surface area (Å²) >= 11 is 5.67. The Hall–Kier alpha value is -1.81. The molecule has 2 N–H and O–H groups in total. The van der Waals surface area contributed by atoms with E-state index in [1.165, 1.54) is 6.92 Å². The van der Waals surface area contributed by atoms with Crippen LogP contribution in [0.2, 0.25) is 5.02 Å². The van der Waals surface area contributed by atoms with Gasteiger partial charge in [0.15, 0.2) is 0 Å². The van der Waals surface area contributed by atoms with Crippen molar-refractivity contribution in [3.8, 4) is 0 Å². The Morgan fingerprint density at radius 3 is 2.38 bits per heavy atom. The summed E-state index contributed by atoms with van der Waals surface area (Å²) in [6.07, 6.45) is 1.02. The number of rotatable bonds is 3. The van der Waals surface area contributed by atoms with Crippen LogP contribution in [0, 0.1) is 0 Å². The van der Waals surface area contributed by atoms with Crippen molar-refractivity contribution < 1.29 is 14.7 Å². The second-order valence-corrected chi connectivity index (χ2v) is 3.57. The van der Waals surface area contributed by atoms with Gasteiger partial charge in [-0.25, -0.2) is 4.79 Å². The molecule has 0 atom stereocenters. The van der Waals surface area contributed by atoms with Crippen LogP contribution in [0.25, 0.3) is 0 Å². The van der Waals surface area contributed by atoms with Crippen LogP contribution in [0.1, 0.15) is 6.92 Å². The maximum atomic E-state index is 11.3. The van der Waals surface area contributed by atoms with Crippen LogP contribution in [-0.4, -0.2) is 17.0 Å². The second-order valence-electron chi connectivity index (χ2n) is 3.13. The molecule has 84 valence electrons. The molecule has 0 saturated carbocycles. The molecule has 0 aromatic heterocycles. The van der Waals surface area contributed by atoms with Crippen molar-refractivity contribution in [2.45, 2.75) is 6.92 Å². The minimum atomic E-state index is -1.12. The zero-order chi connectivity index (χ0) is 12.1. The molecule has 4 nitrogen and oxygen atoms in total. The highest BCUT2D eigenvalue weighted by Gasteiger charge is 2.04. The number of carbonyl (C=O) groups is 2. The van der Waals surface area contributed by atoms with Crippen LogP contribution in [-0.2, 0) is 9.59 Å². The van der Waals surface area contributed by atoms with Crippen LogP contribution in [0.4, 0.5) is 5.69 Å². The molecular weight excluding hydrogens is 230 g/mol. The van der Waals surface area contributed by atoms with Gasteiger partial charge in [-0.2, -0.15) is 0 Å². The first-order chi connectivity index (χ1) is 7.49. The molecule has 0 aliphatic carbocycles. The fraction of sp³-hybridized carbons (Fsp3) is 0.0909. The Labute approximate surface area is 97.5 Å². The van der Waals surface area contributed by atoms with Crippen LogP contribution >= 0.6 is 11.6 Å². The van der Waals surface area contributed by atoms with E-state index in [2.05, 4.69) is 5.32 Å². The lowest BCUT2D eigenvalue weighted by Gasteiger charge is -2.02. The fourth-order valence-electron chi connectivity index (χ4n) is 0.970. The number of hydrogen-bond donors (Lipinski definition) is 2. The highest BCUT2D eigenvalue weighted by molar-refractivity contribution is 6.30. The second kappa shape index (κ2) is 5.32. The Morgan fingerprint density at radius 2 is 1.88 bits per heavy atom. The highest BCUT2D eigenvalue weighted by Crippen LogP contribution is 2.13. The van der Waals surface area contributed by atoms with Crippen molar-refractivity contribution in [1.82, 2.24) is 0 Å². The molecule has 1 amide bonds. The van der Waals surface area contributed by atoms with Crippen molar-refractivity contribution in [2.24, 2.45) is 0 Å². The fourth-order valence-corrected chi connectivity index (χ4v) is 1.10. The smallest absolute Gasteiger partial charge is 0.331 e. The lowest BCUT2D eigenvalue weighted by molar-refractivity contribution is -0.132. The molecule has 16 heavy (non-hydrogen) atoms. The molecule has 0 heterocycles. The van der Waals surface area contributed by atoms with Crippen molar-refractivity contribution in [3.05, 3.63) is 40.9 Å². The predicted molar refractivity (Wildman–Crippen MR) is 61.5 cm³/mol. The van der Waals surface area contributed by atoms with E-state index >= 15 is 0 Å². The molecule has 0 bridgehead atoms. The summed E-state index contributed by atoms with van der Waals surface area (Å²) in [5.41, 5.74) is 0.537. The van der Waals surface area contributed by atoms with E-state index in [1.54, 1.807) is 24.3 Å². The van der Waals surface area contributed by atoms with Crippen molar-refractivity contribution in [3.63, 3.8) is 0 Å². The van der Waals surface area contributed by atoms with Gasteiger partial charge in [0.05, 0.1) is 0 Å². The number of halogens is 1. The topological polar surface area (TPSA) is 66.4 Å². The standard InChI is InChI=1S/C11H10ClNO3/c1-7(11(15)16)6-10(14)13-9-4-2-8(12)3-5-9/h2-6H,1H3,(H,13,14)(H,15,16)/b7-6+. The zero-order valence-electron chi connectivity index (χ0n) is 8.53. The number of carboxylic acid groups (broad SMARTS) is 1. The van der Waals surface area contributed by atoms with E-state index in [0.717, 1.165) is 6.08 Å². The lowest BCUT2D eigenvalue weighted by Crippen LogP contribution is -2.10. The molecule has 0 spiro atoms. The molecule has 1 rings (SSSR count). The van der Waals surface area contributed by atoms with Gasteiger partial charge in [0.2, 0.25) is 5.91 Å². The molecule has 1 aromatic carbocycles. The van der Waals surface area contributed by atoms with Crippen LogP contribution in [0.15, 0.2) is 35.9 Å². The maximum absolute atomic E-state index is 11.3. The summed E-state index contributed by atoms with van der Waals surface area (Å²) in [4.78, 5) is 21.8. The van der Waals surface area contributed by atoms with Gasteiger partial charge >= 0.3 is 5.97 Å². The summed E-state index contributed by atoms with van der Waals surface area (Å²) in [5.74, 6) is -1.60. The molecule has 5 heteroatoms. The van der Waals surface area contributed by atoms with E-state index in [1.807, 2.05) is 0 Å². The van der Waals surface area contributed by atoms with Gasteiger partial charge in [-0.3, -0.25) is 4.79 Å². The van der Waals surface area contributed by atoms with Crippen LogP contribution < -0.4 is 5.32 Å². The minimum Gasteiger partial charge on any atom is -0.478 e. The quantitative estimate of drug-likeness (QED) is 0.796. The van der Waals surface area contributed by atoms with Gasteiger partial charge in [0, 0.05) is 22.4 Å². The summed E-state index contributed by atoms with van der Waals surface area (Å²) in [7, 11) is 0. The number of anilines is 1. The summed E-state index contributed by atoms with van der Waals surface area (Å²) in [6.45, 7) is 1.35. The van der Waals surface area contributed by atoms with E-state index in [-0.39, 0.29) is 5.57 Å². The van der Waals surface area contributed by atoms with Gasteiger partial charge in [0.1, 0.15) is 0 Å². The Kier molecular flexibility index (Phi) is 4.08. The van der Waals surface area contributed by atoms with Gasteiger partial charge in [-0.1, -0.05) is 11.6 Å². The number of nitrogens with one attached hydrogen (secondary N) is 1. The van der Waals surface area contributed by atoms with Gasteiger partial charge < -0.3 is 10.4 Å². The predicted octanol–water partition coefficient (Wildman–Crippen LogP) is 2.31. The summed E-state index contributed by atoms with van der Waals surface area (Å²) in [6, 6.07) is 6.52. The van der Waals surface area contributed by atoms with Crippen molar-refractivity contribution in [2.75, 3.05) is 5.32 Å². The molecular formula is C11H10ClNO3. The third kappa shape index (κ3) is 3.74. The van der Waals surface area contributed by atoms with Gasteiger partial charge in [-0.05, 0) is 31.2 Å². The first-order valence-electron chi connectivity index (χ1n) is 4.47. The SMILES string of the molecule is C/C(=C\C(=O)Nc1ccc(Cl)cc1)C(=O)O. The Morgan fingerprint density at radius 1 is 1.31 bits per heavy atom. The number of carbonyl (C=O) groups excluding carboxylic acids is 1. The normalized spacial score (nSPS) is 11.0. The van der Waals surface area contributed by atoms with Gasteiger partial charge in [-0.15, -0.1) is 0 Å². The average molecular weight is 240 g/mol. The summed E-state index contributed by atoms with van der Waals surface area (Å²) in [5, 5.41) is 11.7. The zero-order valence-corrected chi connectivity index (χ0v) is 9.28. The molecule has 0 aliphatic heterocycles. The third-order valence-electron chi connectivity index (χ3n) is 1.80. The van der Waals surface area contributed by atoms with Crippen LogP contribution in [0.3, 0.4) is 0 Å². The number of amides is 1. The largest absolute Gasteiger partial charge is 0.478 e. The first-order valence-corrected chi connectivity index (χ1v) is 4.85. The third-order valence-corrected chi connectivity index (χ3v) is 2.05. The lowest BCUT2D eigenvalue weighted by atomic mass is 10.2. The first kappa shape index (κ1) is 12.3. The molecule has 0 unspecified atom stereocenters. The maximum Gasteiger partial charge on any atom is 0.331 e. The molecule has 0 fully saturated rings. The van der Waals surface area contributed by atoms with Crippen LogP contribution in [0.5, 0.6) is 0 Å². The monoisotopic (exact) mass is 239 g/mol. The van der Waals surface area contributed by atoms with Crippen molar-refractivity contribution >= 4 is 29.2 Å². The summed E-state index contributed by atoms with van der Waals surface area (Å²) < 4.78 is 0. The van der Waals surface area contributed by atoms with Crippen molar-refractivity contribution in [1.29, 1.82) is 0 Å².